The molecule has 3 heteroatoms. The van der Waals surface area contributed by atoms with E-state index in [1.807, 2.05) is 6.08 Å². The molecule has 2 aliphatic rings. The van der Waals surface area contributed by atoms with Gasteiger partial charge < -0.3 is 4.74 Å². The van der Waals surface area contributed by atoms with Crippen LogP contribution in [-0.2, 0) is 4.74 Å². The van der Waals surface area contributed by atoms with Crippen molar-refractivity contribution in [1.82, 2.24) is 4.90 Å². The first-order valence-corrected chi connectivity index (χ1v) is 5.31. The lowest BCUT2D eigenvalue weighted by Crippen LogP contribution is -2.35. The van der Waals surface area contributed by atoms with Crippen molar-refractivity contribution < 1.29 is 4.74 Å². The molecular formula is C11H16N2O. The average Bonchev–Trinajstić information content (AvgIpc) is 2.72. The van der Waals surface area contributed by atoms with E-state index < -0.39 is 0 Å². The smallest absolute Gasteiger partial charge is 0.0944 e. The van der Waals surface area contributed by atoms with Crippen LogP contribution in [0.1, 0.15) is 19.3 Å². The van der Waals surface area contributed by atoms with Gasteiger partial charge in [-0.05, 0) is 19.3 Å². The molecule has 0 aromatic heterocycles. The molecule has 1 unspecified atom stereocenters. The van der Waals surface area contributed by atoms with E-state index in [9.17, 15) is 0 Å². The van der Waals surface area contributed by atoms with E-state index in [-0.39, 0.29) is 0 Å². The molecule has 14 heavy (non-hydrogen) atoms. The lowest BCUT2D eigenvalue weighted by atomic mass is 10.1. The molecule has 0 aromatic carbocycles. The van der Waals surface area contributed by atoms with Crippen molar-refractivity contribution in [2.75, 3.05) is 26.2 Å². The number of nitriles is 1. The summed E-state index contributed by atoms with van der Waals surface area (Å²) in [6.45, 7) is 3.90. The van der Waals surface area contributed by atoms with Crippen molar-refractivity contribution in [2.24, 2.45) is 0 Å². The van der Waals surface area contributed by atoms with E-state index in [4.69, 9.17) is 10.00 Å². The fourth-order valence-electron chi connectivity index (χ4n) is 2.05. The highest BCUT2D eigenvalue weighted by molar-refractivity contribution is 5.23. The molecule has 0 spiro atoms. The Morgan fingerprint density at radius 3 is 3.14 bits per heavy atom. The lowest BCUT2D eigenvalue weighted by molar-refractivity contribution is 0.0760. The minimum atomic E-state index is 0.437. The monoisotopic (exact) mass is 192 g/mol. The van der Waals surface area contributed by atoms with Gasteiger partial charge in [-0.2, -0.15) is 5.26 Å². The van der Waals surface area contributed by atoms with Gasteiger partial charge in [-0.1, -0.05) is 6.08 Å². The predicted molar refractivity (Wildman–Crippen MR) is 53.7 cm³/mol. The quantitative estimate of drug-likeness (QED) is 0.662. The molecule has 0 amide bonds. The van der Waals surface area contributed by atoms with E-state index in [0.717, 1.165) is 38.2 Å². The van der Waals surface area contributed by atoms with Crippen LogP contribution in [0, 0.1) is 11.3 Å². The van der Waals surface area contributed by atoms with Gasteiger partial charge >= 0.3 is 0 Å². The summed E-state index contributed by atoms with van der Waals surface area (Å²) < 4.78 is 5.58. The Balaban J connectivity index is 1.78. The van der Waals surface area contributed by atoms with Gasteiger partial charge in [0.25, 0.3) is 0 Å². The molecule has 2 aliphatic heterocycles. The second-order valence-electron chi connectivity index (χ2n) is 3.99. The second kappa shape index (κ2) is 4.59. The normalized spacial score (nSPS) is 28.5. The van der Waals surface area contributed by atoms with Gasteiger partial charge in [0.15, 0.2) is 0 Å². The Hall–Kier alpha value is -0.850. The minimum Gasteiger partial charge on any atom is -0.377 e. The van der Waals surface area contributed by atoms with Crippen LogP contribution in [0.2, 0.25) is 0 Å². The van der Waals surface area contributed by atoms with Gasteiger partial charge in [-0.25, -0.2) is 0 Å². The van der Waals surface area contributed by atoms with E-state index in [1.165, 1.54) is 12.8 Å². The van der Waals surface area contributed by atoms with Crippen LogP contribution in [0.5, 0.6) is 0 Å². The zero-order valence-corrected chi connectivity index (χ0v) is 8.41. The standard InChI is InChI=1S/C11H16N2O/c12-8-10-3-5-13(6-4-10)9-11-2-1-7-14-11/h3,11H,1-2,4-7,9H2. The number of hydrogen-bond donors (Lipinski definition) is 0. The molecule has 0 saturated carbocycles. The van der Waals surface area contributed by atoms with Crippen LogP contribution in [0.25, 0.3) is 0 Å². The van der Waals surface area contributed by atoms with Gasteiger partial charge in [-0.3, -0.25) is 4.90 Å². The highest BCUT2D eigenvalue weighted by Gasteiger charge is 2.20. The van der Waals surface area contributed by atoms with E-state index in [1.54, 1.807) is 0 Å². The third-order valence-electron chi connectivity index (χ3n) is 2.92. The lowest BCUT2D eigenvalue weighted by Gasteiger charge is -2.26. The van der Waals surface area contributed by atoms with Gasteiger partial charge in [0.05, 0.1) is 12.2 Å². The summed E-state index contributed by atoms with van der Waals surface area (Å²) in [7, 11) is 0. The number of rotatable bonds is 2. The first-order valence-electron chi connectivity index (χ1n) is 5.31. The summed E-state index contributed by atoms with van der Waals surface area (Å²) in [4.78, 5) is 2.37. The third-order valence-corrected chi connectivity index (χ3v) is 2.92. The van der Waals surface area contributed by atoms with Crippen molar-refractivity contribution in [3.8, 4) is 6.07 Å². The molecule has 1 atom stereocenters. The maximum absolute atomic E-state index is 8.70. The molecule has 2 heterocycles. The zero-order valence-electron chi connectivity index (χ0n) is 8.41. The van der Waals surface area contributed by atoms with Gasteiger partial charge in [0.2, 0.25) is 0 Å². The fraction of sp³-hybridized carbons (Fsp3) is 0.727. The molecule has 0 N–H and O–H groups in total. The summed E-state index contributed by atoms with van der Waals surface area (Å²) in [5.41, 5.74) is 0.939. The molecule has 0 aliphatic carbocycles. The maximum Gasteiger partial charge on any atom is 0.0944 e. The molecule has 1 saturated heterocycles. The molecular weight excluding hydrogens is 176 g/mol. The molecule has 1 fully saturated rings. The number of hydrogen-bond acceptors (Lipinski definition) is 3. The van der Waals surface area contributed by atoms with Crippen molar-refractivity contribution in [3.05, 3.63) is 11.6 Å². The number of ether oxygens (including phenoxy) is 1. The van der Waals surface area contributed by atoms with Gasteiger partial charge in [0, 0.05) is 31.8 Å². The molecule has 2 rings (SSSR count). The van der Waals surface area contributed by atoms with E-state index in [0.29, 0.717) is 6.10 Å². The summed E-state index contributed by atoms with van der Waals surface area (Å²) >= 11 is 0. The average molecular weight is 192 g/mol. The summed E-state index contributed by atoms with van der Waals surface area (Å²) in [6.07, 6.45) is 5.79. The summed E-state index contributed by atoms with van der Waals surface area (Å²) in [5, 5.41) is 8.70. The maximum atomic E-state index is 8.70. The highest BCUT2D eigenvalue weighted by atomic mass is 16.5. The minimum absolute atomic E-state index is 0.437. The predicted octanol–water partition coefficient (Wildman–Crippen LogP) is 1.32. The second-order valence-corrected chi connectivity index (χ2v) is 3.99. The van der Waals surface area contributed by atoms with Crippen LogP contribution in [0.4, 0.5) is 0 Å². The first-order chi connectivity index (χ1) is 6.88. The van der Waals surface area contributed by atoms with E-state index in [2.05, 4.69) is 11.0 Å². The Kier molecular flexibility index (Phi) is 3.18. The number of nitrogens with zero attached hydrogens (tertiary/aromatic N) is 2. The Morgan fingerprint density at radius 2 is 2.57 bits per heavy atom. The summed E-state index contributed by atoms with van der Waals surface area (Å²) in [6, 6.07) is 2.22. The van der Waals surface area contributed by atoms with Crippen LogP contribution in [0.15, 0.2) is 11.6 Å². The molecule has 0 bridgehead atoms. The molecule has 0 aromatic rings. The fourth-order valence-corrected chi connectivity index (χ4v) is 2.05. The van der Waals surface area contributed by atoms with Crippen LogP contribution in [0.3, 0.4) is 0 Å². The van der Waals surface area contributed by atoms with E-state index >= 15 is 0 Å². The molecule has 76 valence electrons. The Bertz CT molecular complexity index is 261. The van der Waals surface area contributed by atoms with Crippen LogP contribution >= 0.6 is 0 Å². The SMILES string of the molecule is N#CC1=CCN(CC2CCCO2)CC1. The van der Waals surface area contributed by atoms with Crippen molar-refractivity contribution in [1.29, 1.82) is 5.26 Å². The summed E-state index contributed by atoms with van der Waals surface area (Å²) in [5.74, 6) is 0. The third kappa shape index (κ3) is 2.34. The topological polar surface area (TPSA) is 36.3 Å². The van der Waals surface area contributed by atoms with Crippen molar-refractivity contribution in [2.45, 2.75) is 25.4 Å². The molecule has 0 radical (unpaired) electrons. The Labute approximate surface area is 85.0 Å². The van der Waals surface area contributed by atoms with Crippen LogP contribution in [-0.4, -0.2) is 37.2 Å². The van der Waals surface area contributed by atoms with Gasteiger partial charge in [0.1, 0.15) is 0 Å². The largest absolute Gasteiger partial charge is 0.377 e. The van der Waals surface area contributed by atoms with Gasteiger partial charge in [-0.15, -0.1) is 0 Å². The Morgan fingerprint density at radius 1 is 1.64 bits per heavy atom. The molecule has 3 nitrogen and oxygen atoms in total. The highest BCUT2D eigenvalue weighted by Crippen LogP contribution is 2.16. The van der Waals surface area contributed by atoms with Crippen LogP contribution < -0.4 is 0 Å². The van der Waals surface area contributed by atoms with Crippen molar-refractivity contribution >= 4 is 0 Å². The van der Waals surface area contributed by atoms with Crippen molar-refractivity contribution in [3.63, 3.8) is 0 Å². The first kappa shape index (κ1) is 9.70. The zero-order chi connectivity index (χ0) is 9.80.